The summed E-state index contributed by atoms with van der Waals surface area (Å²) in [6, 6.07) is 17.1. The third kappa shape index (κ3) is 18.4. The molecule has 0 spiro atoms. The third-order valence-electron chi connectivity index (χ3n) is 7.70. The van der Waals surface area contributed by atoms with Gasteiger partial charge in [0.05, 0.1) is 12.8 Å². The van der Waals surface area contributed by atoms with E-state index in [1.165, 1.54) is 0 Å². The van der Waals surface area contributed by atoms with Crippen LogP contribution in [0.25, 0.3) is 0 Å². The van der Waals surface area contributed by atoms with Gasteiger partial charge in [-0.15, -0.1) is 0 Å². The summed E-state index contributed by atoms with van der Waals surface area (Å²) >= 11 is 0. The van der Waals surface area contributed by atoms with Crippen LogP contribution in [0.15, 0.2) is 60.7 Å². The van der Waals surface area contributed by atoms with Crippen LogP contribution in [-0.2, 0) is 41.6 Å². The molecule has 2 rings (SSSR count). The first-order valence-corrected chi connectivity index (χ1v) is 16.8. The Morgan fingerprint density at radius 2 is 0.812 bits per heavy atom. The number of carbonyl (C=O) groups is 6. The van der Waals surface area contributed by atoms with Crippen LogP contribution in [0.1, 0.15) is 88.2 Å². The Bertz CT molecular complexity index is 1190. The van der Waals surface area contributed by atoms with Gasteiger partial charge in [0.1, 0.15) is 12.1 Å². The molecule has 2 atom stereocenters. The van der Waals surface area contributed by atoms with E-state index in [0.29, 0.717) is 25.9 Å². The standard InChI is InChI=1S/C36H50N4O8/c41-31(19-21-33(43)44)39-29(25-27-15-9-7-10-16-27)35(47)37-23-13-5-3-1-2-4-6-14-24-38-36(48)30(26-28-17-11-8-12-18-28)40-32(42)20-22-34(45)46/h7-12,15-18,29-30H,1-6,13-14,19-26H2,(H,37,47)(H,38,48)(H,39,41)(H,40,42)(H,43,44)(H,45,46)/t29-,30-/m0/s1. The molecule has 12 nitrogen and oxygen atoms in total. The van der Waals surface area contributed by atoms with Gasteiger partial charge in [-0.25, -0.2) is 0 Å². The van der Waals surface area contributed by atoms with Gasteiger partial charge in [-0.05, 0) is 24.0 Å². The van der Waals surface area contributed by atoms with E-state index < -0.39 is 35.8 Å². The lowest BCUT2D eigenvalue weighted by atomic mass is 10.0. The van der Waals surface area contributed by atoms with E-state index in [4.69, 9.17) is 10.2 Å². The molecule has 48 heavy (non-hydrogen) atoms. The molecule has 6 N–H and O–H groups in total. The quantitative estimate of drug-likeness (QED) is 0.0868. The van der Waals surface area contributed by atoms with Gasteiger partial charge in [-0.3, -0.25) is 28.8 Å². The average molecular weight is 667 g/mol. The normalized spacial score (nSPS) is 11.9. The number of hydrogen-bond donors (Lipinski definition) is 6. The zero-order chi connectivity index (χ0) is 35.0. The Labute approximate surface area is 282 Å². The van der Waals surface area contributed by atoms with Gasteiger partial charge in [0.2, 0.25) is 23.6 Å². The second kappa shape index (κ2) is 23.6. The highest BCUT2D eigenvalue weighted by Gasteiger charge is 2.22. The minimum absolute atomic E-state index is 0.186. The summed E-state index contributed by atoms with van der Waals surface area (Å²) in [6.45, 7) is 0.972. The molecule has 262 valence electrons. The Balaban J connectivity index is 1.60. The van der Waals surface area contributed by atoms with Crippen molar-refractivity contribution in [1.82, 2.24) is 21.3 Å². The summed E-state index contributed by atoms with van der Waals surface area (Å²) < 4.78 is 0. The van der Waals surface area contributed by atoms with Gasteiger partial charge in [-0.2, -0.15) is 0 Å². The molecule has 0 aliphatic rings. The predicted octanol–water partition coefficient (Wildman–Crippen LogP) is 3.52. The number of carbonyl (C=O) groups excluding carboxylic acids is 4. The molecule has 0 aliphatic heterocycles. The van der Waals surface area contributed by atoms with E-state index in [9.17, 15) is 28.8 Å². The molecule has 0 aliphatic carbocycles. The molecule has 0 aromatic heterocycles. The fourth-order valence-electron chi connectivity index (χ4n) is 5.07. The highest BCUT2D eigenvalue weighted by atomic mass is 16.4. The number of unbranched alkanes of at least 4 members (excludes halogenated alkanes) is 7. The molecular formula is C36H50N4O8. The number of hydrogen-bond acceptors (Lipinski definition) is 6. The number of nitrogens with one attached hydrogen (secondary N) is 4. The molecule has 4 amide bonds. The van der Waals surface area contributed by atoms with E-state index in [1.54, 1.807) is 0 Å². The average Bonchev–Trinajstić information content (AvgIpc) is 3.07. The maximum absolute atomic E-state index is 12.8. The molecule has 0 heterocycles. The van der Waals surface area contributed by atoms with Gasteiger partial charge in [0, 0.05) is 38.8 Å². The van der Waals surface area contributed by atoms with Crippen molar-refractivity contribution < 1.29 is 39.0 Å². The largest absolute Gasteiger partial charge is 0.481 e. The second-order valence-corrected chi connectivity index (χ2v) is 11.8. The maximum Gasteiger partial charge on any atom is 0.303 e. The number of carboxylic acid groups (broad SMARTS) is 2. The molecule has 0 unspecified atom stereocenters. The van der Waals surface area contributed by atoms with Crippen LogP contribution in [0.5, 0.6) is 0 Å². The number of amides is 4. The zero-order valence-electron chi connectivity index (χ0n) is 27.6. The SMILES string of the molecule is O=C(O)CCC(=O)N[C@@H](Cc1ccccc1)C(=O)NCCCCCCCCCCNC(=O)[C@H](Cc1ccccc1)NC(=O)CCC(=O)O. The van der Waals surface area contributed by atoms with E-state index in [-0.39, 0.29) is 37.5 Å². The smallest absolute Gasteiger partial charge is 0.303 e. The van der Waals surface area contributed by atoms with E-state index in [0.717, 1.165) is 62.5 Å². The summed E-state index contributed by atoms with van der Waals surface area (Å²) in [5, 5.41) is 28.8. The van der Waals surface area contributed by atoms with Crippen LogP contribution in [0.4, 0.5) is 0 Å². The van der Waals surface area contributed by atoms with Crippen molar-refractivity contribution in [2.24, 2.45) is 0 Å². The Morgan fingerprint density at radius 1 is 0.479 bits per heavy atom. The lowest BCUT2D eigenvalue weighted by Gasteiger charge is -2.19. The summed E-state index contributed by atoms with van der Waals surface area (Å²) in [7, 11) is 0. The number of benzene rings is 2. The molecule has 2 aromatic carbocycles. The van der Waals surface area contributed by atoms with Gasteiger partial charge in [-0.1, -0.05) is 99.2 Å². The van der Waals surface area contributed by atoms with E-state index in [1.807, 2.05) is 60.7 Å². The van der Waals surface area contributed by atoms with Crippen molar-refractivity contribution in [1.29, 1.82) is 0 Å². The Hall–Kier alpha value is -4.74. The van der Waals surface area contributed by atoms with E-state index in [2.05, 4.69) is 21.3 Å². The van der Waals surface area contributed by atoms with Crippen molar-refractivity contribution in [3.8, 4) is 0 Å². The molecule has 0 fully saturated rings. The van der Waals surface area contributed by atoms with Crippen molar-refractivity contribution in [3.05, 3.63) is 71.8 Å². The fourth-order valence-corrected chi connectivity index (χ4v) is 5.07. The van der Waals surface area contributed by atoms with Gasteiger partial charge < -0.3 is 31.5 Å². The lowest BCUT2D eigenvalue weighted by molar-refractivity contribution is -0.139. The summed E-state index contributed by atoms with van der Waals surface area (Å²) in [5.41, 5.74) is 1.79. The minimum atomic E-state index is -1.07. The van der Waals surface area contributed by atoms with Crippen LogP contribution < -0.4 is 21.3 Å². The van der Waals surface area contributed by atoms with Crippen molar-refractivity contribution >= 4 is 35.6 Å². The first-order valence-electron chi connectivity index (χ1n) is 16.8. The van der Waals surface area contributed by atoms with Crippen LogP contribution >= 0.6 is 0 Å². The summed E-state index contributed by atoms with van der Waals surface area (Å²) in [6.07, 6.45) is 7.33. The third-order valence-corrected chi connectivity index (χ3v) is 7.70. The summed E-state index contributed by atoms with van der Waals surface area (Å²) in [4.78, 5) is 71.7. The highest BCUT2D eigenvalue weighted by molar-refractivity contribution is 5.89. The van der Waals surface area contributed by atoms with Crippen LogP contribution in [0, 0.1) is 0 Å². The van der Waals surface area contributed by atoms with Gasteiger partial charge in [0.25, 0.3) is 0 Å². The highest BCUT2D eigenvalue weighted by Crippen LogP contribution is 2.10. The molecule has 2 aromatic rings. The molecule has 0 saturated carbocycles. The topological polar surface area (TPSA) is 191 Å². The molecule has 0 saturated heterocycles. The van der Waals surface area contributed by atoms with Crippen LogP contribution in [-0.4, -0.2) is 71.0 Å². The molecular weight excluding hydrogens is 616 g/mol. The monoisotopic (exact) mass is 666 g/mol. The van der Waals surface area contributed by atoms with Crippen molar-refractivity contribution in [3.63, 3.8) is 0 Å². The molecule has 0 radical (unpaired) electrons. The summed E-state index contributed by atoms with van der Waals surface area (Å²) in [5.74, 6) is -3.66. The minimum Gasteiger partial charge on any atom is -0.481 e. The van der Waals surface area contributed by atoms with Crippen molar-refractivity contribution in [2.45, 2.75) is 102 Å². The number of carboxylic acids is 2. The number of rotatable bonds is 25. The number of aliphatic carboxylic acids is 2. The zero-order valence-corrected chi connectivity index (χ0v) is 27.6. The fraction of sp³-hybridized carbons (Fsp3) is 0.500. The first-order chi connectivity index (χ1) is 23.1. The van der Waals surface area contributed by atoms with Gasteiger partial charge in [0.15, 0.2) is 0 Å². The Kier molecular flexibility index (Phi) is 19.4. The lowest BCUT2D eigenvalue weighted by Crippen LogP contribution is -2.48. The first kappa shape index (κ1) is 39.4. The van der Waals surface area contributed by atoms with Crippen LogP contribution in [0.2, 0.25) is 0 Å². The second-order valence-electron chi connectivity index (χ2n) is 11.8. The van der Waals surface area contributed by atoms with Crippen molar-refractivity contribution in [2.75, 3.05) is 13.1 Å². The van der Waals surface area contributed by atoms with Crippen LogP contribution in [0.3, 0.4) is 0 Å². The van der Waals surface area contributed by atoms with Gasteiger partial charge >= 0.3 is 11.9 Å². The molecule has 0 bridgehead atoms. The maximum atomic E-state index is 12.8. The Morgan fingerprint density at radius 3 is 1.15 bits per heavy atom. The molecule has 12 heteroatoms. The van der Waals surface area contributed by atoms with E-state index >= 15 is 0 Å². The predicted molar refractivity (Wildman–Crippen MR) is 181 cm³/mol.